The molecule has 0 aliphatic carbocycles. The molecule has 2 saturated heterocycles. The van der Waals surface area contributed by atoms with Crippen molar-refractivity contribution in [2.45, 2.75) is 58.0 Å². The van der Waals surface area contributed by atoms with Crippen LogP contribution >= 0.6 is 11.3 Å². The minimum atomic E-state index is -0.248. The largest absolute Gasteiger partial charge is 0.358 e. The monoisotopic (exact) mass is 494 g/mol. The van der Waals surface area contributed by atoms with E-state index in [4.69, 9.17) is 0 Å². The number of carbonyl (C=O) groups excluding carboxylic acids is 3. The van der Waals surface area contributed by atoms with Crippen molar-refractivity contribution < 1.29 is 14.4 Å². The predicted molar refractivity (Wildman–Crippen MR) is 139 cm³/mol. The number of carbonyl (C=O) groups is 3. The number of nitrogens with zero attached hydrogens (tertiary/aromatic N) is 3. The number of fused-ring (bicyclic) bond motifs is 3. The lowest BCUT2D eigenvalue weighted by molar-refractivity contribution is -0.125. The van der Waals surface area contributed by atoms with E-state index in [1.165, 1.54) is 0 Å². The maximum Gasteiger partial charge on any atom is 0.253 e. The van der Waals surface area contributed by atoms with E-state index in [1.54, 1.807) is 16.2 Å². The molecule has 0 saturated carbocycles. The summed E-state index contributed by atoms with van der Waals surface area (Å²) in [7, 11) is 0. The summed E-state index contributed by atoms with van der Waals surface area (Å²) in [5, 5.41) is 5.17. The van der Waals surface area contributed by atoms with E-state index in [0.717, 1.165) is 62.3 Å². The van der Waals surface area contributed by atoms with Gasteiger partial charge in [-0.05, 0) is 67.7 Å². The topological polar surface area (TPSA) is 73.0 Å². The summed E-state index contributed by atoms with van der Waals surface area (Å²) in [6, 6.07) is 9.35. The Morgan fingerprint density at radius 3 is 2.54 bits per heavy atom. The van der Waals surface area contributed by atoms with Crippen molar-refractivity contribution in [3.05, 3.63) is 46.2 Å². The zero-order valence-electron chi connectivity index (χ0n) is 20.5. The molecule has 8 heteroatoms. The Morgan fingerprint density at radius 2 is 1.83 bits per heavy atom. The molecule has 2 unspecified atom stereocenters. The van der Waals surface area contributed by atoms with Gasteiger partial charge in [-0.1, -0.05) is 19.9 Å². The van der Waals surface area contributed by atoms with Crippen LogP contribution in [0, 0.1) is 5.92 Å². The highest BCUT2D eigenvalue weighted by Gasteiger charge is 2.40. The second-order valence-corrected chi connectivity index (χ2v) is 11.1. The van der Waals surface area contributed by atoms with Crippen LogP contribution in [0.3, 0.4) is 0 Å². The van der Waals surface area contributed by atoms with Gasteiger partial charge in [0.05, 0.1) is 17.4 Å². The zero-order chi connectivity index (χ0) is 24.5. The quantitative estimate of drug-likeness (QED) is 0.653. The smallest absolute Gasteiger partial charge is 0.253 e. The fourth-order valence-electron chi connectivity index (χ4n) is 5.55. The van der Waals surface area contributed by atoms with Gasteiger partial charge in [-0.15, -0.1) is 11.3 Å². The summed E-state index contributed by atoms with van der Waals surface area (Å²) in [5.74, 6) is -0.00627. The van der Waals surface area contributed by atoms with Crippen molar-refractivity contribution >= 4 is 40.4 Å². The van der Waals surface area contributed by atoms with Crippen molar-refractivity contribution in [2.24, 2.45) is 5.92 Å². The number of likely N-dealkylation sites (tertiary alicyclic amines) is 1. The Kier molecular flexibility index (Phi) is 6.82. The lowest BCUT2D eigenvalue weighted by Crippen LogP contribution is -2.57. The molecule has 3 aliphatic rings. The highest BCUT2D eigenvalue weighted by Crippen LogP contribution is 2.40. The molecule has 2 aromatic rings. The van der Waals surface area contributed by atoms with Gasteiger partial charge in [-0.2, -0.15) is 0 Å². The van der Waals surface area contributed by atoms with Gasteiger partial charge in [0.1, 0.15) is 12.6 Å². The minimum Gasteiger partial charge on any atom is -0.358 e. The molecule has 0 radical (unpaired) electrons. The van der Waals surface area contributed by atoms with Crippen molar-refractivity contribution in [2.75, 3.05) is 36.0 Å². The van der Waals surface area contributed by atoms with Gasteiger partial charge in [0, 0.05) is 30.1 Å². The molecule has 5 rings (SSSR count). The Bertz CT molecular complexity index is 1090. The first-order chi connectivity index (χ1) is 16.9. The fraction of sp³-hybridized carbons (Fsp3) is 0.519. The maximum atomic E-state index is 13.7. The van der Waals surface area contributed by atoms with Crippen LogP contribution < -0.4 is 15.1 Å². The molecular weight excluding hydrogens is 460 g/mol. The second kappa shape index (κ2) is 10.0. The molecule has 1 N–H and O–H groups in total. The van der Waals surface area contributed by atoms with E-state index >= 15 is 0 Å². The third-order valence-corrected chi connectivity index (χ3v) is 8.36. The van der Waals surface area contributed by atoms with Crippen LogP contribution in [0.4, 0.5) is 11.4 Å². The van der Waals surface area contributed by atoms with Gasteiger partial charge in [0.15, 0.2) is 0 Å². The first kappa shape index (κ1) is 23.9. The van der Waals surface area contributed by atoms with Gasteiger partial charge in [0.2, 0.25) is 11.8 Å². The van der Waals surface area contributed by atoms with Gasteiger partial charge in [-0.25, -0.2) is 0 Å². The molecule has 1 aromatic carbocycles. The third-order valence-electron chi connectivity index (χ3n) is 7.40. The van der Waals surface area contributed by atoms with Crippen LogP contribution in [0.2, 0.25) is 0 Å². The van der Waals surface area contributed by atoms with Crippen molar-refractivity contribution in [3.8, 4) is 0 Å². The molecular formula is C27H34N4O3S. The molecule has 0 bridgehead atoms. The van der Waals surface area contributed by atoms with Gasteiger partial charge < -0.3 is 15.1 Å². The van der Waals surface area contributed by atoms with Crippen LogP contribution in [0.25, 0.3) is 0 Å². The third kappa shape index (κ3) is 4.68. The number of hydrogen-bond donors (Lipinski definition) is 1. The lowest BCUT2D eigenvalue weighted by Gasteiger charge is -2.45. The van der Waals surface area contributed by atoms with Crippen LogP contribution in [-0.2, 0) is 9.59 Å². The number of nitrogens with one attached hydrogen (secondary N) is 1. The molecule has 4 heterocycles. The van der Waals surface area contributed by atoms with E-state index in [1.807, 2.05) is 40.6 Å². The highest BCUT2D eigenvalue weighted by atomic mass is 32.1. The SMILES string of the molecule is CC(C)C(NC(=O)CN1C(=O)C2CCCCN2c2ccc(C(=O)N3CCCC3)cc21)c1cccs1. The number of benzene rings is 1. The Hall–Kier alpha value is -2.87. The summed E-state index contributed by atoms with van der Waals surface area (Å²) < 4.78 is 0. The molecule has 2 fully saturated rings. The van der Waals surface area contributed by atoms with Gasteiger partial charge in [0.25, 0.3) is 5.91 Å². The second-order valence-electron chi connectivity index (χ2n) is 10.1. The molecule has 35 heavy (non-hydrogen) atoms. The number of thiophene rings is 1. The summed E-state index contributed by atoms with van der Waals surface area (Å²) in [6.45, 7) is 6.48. The average molecular weight is 495 g/mol. The number of rotatable bonds is 6. The van der Waals surface area contributed by atoms with Crippen molar-refractivity contribution in [1.82, 2.24) is 10.2 Å². The standard InChI is InChI=1S/C27H34N4O3S/c1-18(2)25(23-9-7-15-35-23)28-24(32)17-31-22-16-19(26(33)29-12-5-6-13-29)10-11-20(22)30-14-4-3-8-21(30)27(31)34/h7,9-11,15-16,18,21,25H,3-6,8,12-14,17H2,1-2H3,(H,28,32). The van der Waals surface area contributed by atoms with Crippen molar-refractivity contribution in [3.63, 3.8) is 0 Å². The van der Waals surface area contributed by atoms with E-state index in [9.17, 15) is 14.4 Å². The van der Waals surface area contributed by atoms with E-state index in [-0.39, 0.29) is 42.3 Å². The molecule has 7 nitrogen and oxygen atoms in total. The molecule has 1 aromatic heterocycles. The first-order valence-electron chi connectivity index (χ1n) is 12.8. The summed E-state index contributed by atoms with van der Waals surface area (Å²) in [5.41, 5.74) is 2.20. The normalized spacial score (nSPS) is 20.6. The Balaban J connectivity index is 1.44. The minimum absolute atomic E-state index is 0.000449. The summed E-state index contributed by atoms with van der Waals surface area (Å²) in [4.78, 5) is 46.8. The Labute approximate surface area is 211 Å². The van der Waals surface area contributed by atoms with Crippen molar-refractivity contribution in [1.29, 1.82) is 0 Å². The fourth-order valence-corrected chi connectivity index (χ4v) is 6.50. The van der Waals surface area contributed by atoms with Gasteiger partial charge >= 0.3 is 0 Å². The lowest BCUT2D eigenvalue weighted by atomic mass is 9.95. The van der Waals surface area contributed by atoms with Gasteiger partial charge in [-0.3, -0.25) is 19.3 Å². The average Bonchev–Trinajstić information content (AvgIpc) is 3.59. The molecule has 2 atom stereocenters. The van der Waals surface area contributed by atoms with E-state index in [2.05, 4.69) is 24.1 Å². The maximum absolute atomic E-state index is 13.7. The van der Waals surface area contributed by atoms with E-state index < -0.39 is 0 Å². The zero-order valence-corrected chi connectivity index (χ0v) is 21.4. The predicted octanol–water partition coefficient (Wildman–Crippen LogP) is 4.20. The number of piperidine rings is 1. The summed E-state index contributed by atoms with van der Waals surface area (Å²) in [6.07, 6.45) is 4.88. The van der Waals surface area contributed by atoms with Crippen LogP contribution in [0.15, 0.2) is 35.7 Å². The Morgan fingerprint density at radius 1 is 1.06 bits per heavy atom. The number of amides is 3. The molecule has 3 aliphatic heterocycles. The molecule has 3 amide bonds. The molecule has 0 spiro atoms. The number of hydrogen-bond acceptors (Lipinski definition) is 5. The highest BCUT2D eigenvalue weighted by molar-refractivity contribution is 7.10. The van der Waals surface area contributed by atoms with Crippen LogP contribution in [-0.4, -0.2) is 54.8 Å². The number of anilines is 2. The van der Waals surface area contributed by atoms with E-state index in [0.29, 0.717) is 11.3 Å². The molecule has 186 valence electrons. The summed E-state index contributed by atoms with van der Waals surface area (Å²) >= 11 is 1.62. The van der Waals surface area contributed by atoms with Crippen LogP contribution in [0.1, 0.15) is 67.2 Å². The van der Waals surface area contributed by atoms with Crippen LogP contribution in [0.5, 0.6) is 0 Å². The first-order valence-corrected chi connectivity index (χ1v) is 13.7.